The molecular formula is C31H23N3O6. The first-order chi connectivity index (χ1) is 19.3. The molecule has 40 heavy (non-hydrogen) atoms. The van der Waals surface area contributed by atoms with E-state index in [9.17, 15) is 29.3 Å². The highest BCUT2D eigenvalue weighted by atomic mass is 16.6. The normalized spacial score (nSPS) is 24.2. The Kier molecular flexibility index (Phi) is 5.31. The van der Waals surface area contributed by atoms with E-state index >= 15 is 0 Å². The number of benzene rings is 3. The molecule has 0 spiro atoms. The number of nitro benzene ring substituents is 1. The van der Waals surface area contributed by atoms with Gasteiger partial charge in [-0.05, 0) is 47.1 Å². The lowest BCUT2D eigenvalue weighted by Gasteiger charge is -2.28. The van der Waals surface area contributed by atoms with Gasteiger partial charge < -0.3 is 5.32 Å². The molecule has 2 fully saturated rings. The summed E-state index contributed by atoms with van der Waals surface area (Å²) in [6.07, 6.45) is 4.55. The van der Waals surface area contributed by atoms with E-state index in [4.69, 9.17) is 0 Å². The molecule has 9 heteroatoms. The Balaban J connectivity index is 1.17. The fourth-order valence-corrected chi connectivity index (χ4v) is 6.90. The van der Waals surface area contributed by atoms with E-state index in [1.807, 2.05) is 24.3 Å². The summed E-state index contributed by atoms with van der Waals surface area (Å²) in [5.74, 6) is -2.02. The molecule has 0 aromatic heterocycles. The first kappa shape index (κ1) is 24.1. The number of allylic oxidation sites excluding steroid dienone is 2. The molecule has 3 aromatic carbocycles. The number of imide groups is 1. The summed E-state index contributed by atoms with van der Waals surface area (Å²) in [6.45, 7) is 0. The molecule has 1 aliphatic heterocycles. The average Bonchev–Trinajstić information content (AvgIpc) is 3.70. The van der Waals surface area contributed by atoms with E-state index in [0.717, 1.165) is 17.5 Å². The molecule has 5 atom stereocenters. The van der Waals surface area contributed by atoms with Crippen LogP contribution in [-0.2, 0) is 14.4 Å². The zero-order chi connectivity index (χ0) is 27.7. The van der Waals surface area contributed by atoms with Gasteiger partial charge in [0.15, 0.2) is 5.78 Å². The number of carbonyl (C=O) groups excluding carboxylic acids is 4. The Morgan fingerprint density at radius 2 is 1.50 bits per heavy atom. The standard InChI is InChI=1S/C31H23N3O6/c35-26(32-19-9-12-22-21-3-1-2-4-23(21)29(36)24(22)14-19)15-25(16-7-10-20(11-8-16)34(39)40)33-30(37)27-17-5-6-18(13-17)28(27)31(33)38/h1-12,14,17-18,25,27-28H,13,15H2,(H,32,35). The van der Waals surface area contributed by atoms with Gasteiger partial charge in [-0.2, -0.15) is 0 Å². The summed E-state index contributed by atoms with van der Waals surface area (Å²) in [5, 5.41) is 14.0. The molecule has 7 rings (SSSR count). The van der Waals surface area contributed by atoms with Crippen molar-refractivity contribution in [2.24, 2.45) is 23.7 Å². The zero-order valence-corrected chi connectivity index (χ0v) is 21.2. The fourth-order valence-electron chi connectivity index (χ4n) is 6.90. The number of hydrogen-bond donors (Lipinski definition) is 1. The van der Waals surface area contributed by atoms with Gasteiger partial charge in [0, 0.05) is 28.9 Å². The number of anilines is 1. The summed E-state index contributed by atoms with van der Waals surface area (Å²) in [6, 6.07) is 17.1. The lowest BCUT2D eigenvalue weighted by molar-refractivity contribution is -0.384. The summed E-state index contributed by atoms with van der Waals surface area (Å²) in [7, 11) is 0. The number of nitrogens with one attached hydrogen (secondary N) is 1. The molecule has 9 nitrogen and oxygen atoms in total. The number of non-ortho nitro benzene ring substituents is 1. The molecule has 5 unspecified atom stereocenters. The predicted octanol–water partition coefficient (Wildman–Crippen LogP) is 4.68. The van der Waals surface area contributed by atoms with Crippen LogP contribution >= 0.6 is 0 Å². The molecule has 2 bridgehead atoms. The predicted molar refractivity (Wildman–Crippen MR) is 144 cm³/mol. The van der Waals surface area contributed by atoms with Crippen molar-refractivity contribution in [2.45, 2.75) is 18.9 Å². The van der Waals surface area contributed by atoms with Crippen LogP contribution in [0.25, 0.3) is 11.1 Å². The van der Waals surface area contributed by atoms with Crippen molar-refractivity contribution >= 4 is 34.9 Å². The molecule has 198 valence electrons. The lowest BCUT2D eigenvalue weighted by atomic mass is 9.85. The summed E-state index contributed by atoms with van der Waals surface area (Å²) in [4.78, 5) is 65.3. The Bertz CT molecular complexity index is 1650. The van der Waals surface area contributed by atoms with Crippen LogP contribution in [0, 0.1) is 33.8 Å². The van der Waals surface area contributed by atoms with E-state index in [1.165, 1.54) is 29.2 Å². The number of likely N-dealkylation sites (tertiary alicyclic amines) is 1. The smallest absolute Gasteiger partial charge is 0.269 e. The SMILES string of the molecule is O=C(CC(c1ccc([N+](=O)[O-])cc1)N1C(=O)C2C3C=CC(C3)C2C1=O)Nc1ccc2c(c1)C(=O)c1ccccc1-2. The van der Waals surface area contributed by atoms with Crippen LogP contribution in [0.15, 0.2) is 78.9 Å². The van der Waals surface area contributed by atoms with Crippen LogP contribution in [0.1, 0.15) is 40.4 Å². The van der Waals surface area contributed by atoms with Gasteiger partial charge >= 0.3 is 0 Å². The van der Waals surface area contributed by atoms with E-state index in [1.54, 1.807) is 30.3 Å². The first-order valence-electron chi connectivity index (χ1n) is 13.2. The van der Waals surface area contributed by atoms with E-state index in [-0.39, 0.29) is 41.5 Å². The monoisotopic (exact) mass is 533 g/mol. The van der Waals surface area contributed by atoms with Gasteiger partial charge in [0.05, 0.1) is 29.2 Å². The highest BCUT2D eigenvalue weighted by Gasteiger charge is 2.60. The Morgan fingerprint density at radius 3 is 2.15 bits per heavy atom. The van der Waals surface area contributed by atoms with E-state index < -0.39 is 28.7 Å². The molecule has 3 amide bonds. The van der Waals surface area contributed by atoms with Crippen LogP contribution in [0.5, 0.6) is 0 Å². The van der Waals surface area contributed by atoms with Gasteiger partial charge in [0.25, 0.3) is 5.69 Å². The van der Waals surface area contributed by atoms with Gasteiger partial charge in [-0.15, -0.1) is 0 Å². The lowest BCUT2D eigenvalue weighted by Crippen LogP contribution is -2.38. The molecule has 0 radical (unpaired) electrons. The minimum Gasteiger partial charge on any atom is -0.326 e. The van der Waals surface area contributed by atoms with Gasteiger partial charge in [-0.1, -0.05) is 54.6 Å². The molecule has 3 aromatic rings. The molecule has 1 N–H and O–H groups in total. The van der Waals surface area contributed by atoms with Crippen LogP contribution in [-0.4, -0.2) is 33.3 Å². The number of nitro groups is 1. The van der Waals surface area contributed by atoms with Crippen LogP contribution in [0.2, 0.25) is 0 Å². The molecule has 1 heterocycles. The van der Waals surface area contributed by atoms with Crippen LogP contribution in [0.4, 0.5) is 11.4 Å². The topological polar surface area (TPSA) is 127 Å². The summed E-state index contributed by atoms with van der Waals surface area (Å²) in [5.41, 5.74) is 3.50. The third kappa shape index (κ3) is 3.54. The number of rotatable bonds is 6. The van der Waals surface area contributed by atoms with Crippen molar-refractivity contribution in [2.75, 3.05) is 5.32 Å². The third-order valence-electron chi connectivity index (χ3n) is 8.69. The molecule has 3 aliphatic carbocycles. The molecule has 1 saturated carbocycles. The van der Waals surface area contributed by atoms with Gasteiger partial charge in [-0.25, -0.2) is 0 Å². The van der Waals surface area contributed by atoms with E-state index in [2.05, 4.69) is 5.32 Å². The maximum atomic E-state index is 13.6. The molecule has 1 saturated heterocycles. The number of carbonyl (C=O) groups is 4. The Labute approximate surface area is 228 Å². The van der Waals surface area contributed by atoms with Crippen LogP contribution in [0.3, 0.4) is 0 Å². The number of fused-ring (bicyclic) bond motifs is 8. The van der Waals surface area contributed by atoms with Crippen molar-refractivity contribution in [1.82, 2.24) is 4.90 Å². The quantitative estimate of drug-likeness (QED) is 0.166. The zero-order valence-electron chi connectivity index (χ0n) is 21.2. The van der Waals surface area contributed by atoms with Crippen molar-refractivity contribution in [3.8, 4) is 11.1 Å². The number of amides is 3. The van der Waals surface area contributed by atoms with Crippen molar-refractivity contribution in [3.05, 3.63) is 106 Å². The highest BCUT2D eigenvalue weighted by molar-refractivity contribution is 6.22. The van der Waals surface area contributed by atoms with Crippen LogP contribution < -0.4 is 5.32 Å². The van der Waals surface area contributed by atoms with Crippen molar-refractivity contribution < 1.29 is 24.1 Å². The second-order valence-electron chi connectivity index (χ2n) is 10.8. The number of hydrogen-bond acceptors (Lipinski definition) is 6. The van der Waals surface area contributed by atoms with E-state index in [0.29, 0.717) is 22.4 Å². The maximum Gasteiger partial charge on any atom is 0.269 e. The van der Waals surface area contributed by atoms with Gasteiger partial charge in [0.2, 0.25) is 17.7 Å². The maximum absolute atomic E-state index is 13.6. The summed E-state index contributed by atoms with van der Waals surface area (Å²) >= 11 is 0. The second-order valence-corrected chi connectivity index (χ2v) is 10.8. The first-order valence-corrected chi connectivity index (χ1v) is 13.2. The molecule has 4 aliphatic rings. The third-order valence-corrected chi connectivity index (χ3v) is 8.69. The Morgan fingerprint density at radius 1 is 0.875 bits per heavy atom. The number of nitrogens with zero attached hydrogens (tertiary/aromatic N) is 2. The van der Waals surface area contributed by atoms with Gasteiger partial charge in [0.1, 0.15) is 0 Å². The highest BCUT2D eigenvalue weighted by Crippen LogP contribution is 2.54. The summed E-state index contributed by atoms with van der Waals surface area (Å²) < 4.78 is 0. The molecular weight excluding hydrogens is 510 g/mol. The minimum absolute atomic E-state index is 0.0101. The average molecular weight is 534 g/mol. The minimum atomic E-state index is -0.925. The van der Waals surface area contributed by atoms with Crippen molar-refractivity contribution in [3.63, 3.8) is 0 Å². The number of ketones is 1. The van der Waals surface area contributed by atoms with Crippen molar-refractivity contribution in [1.29, 1.82) is 0 Å². The Hall–Kier alpha value is -4.92. The largest absolute Gasteiger partial charge is 0.326 e. The fraction of sp³-hybridized carbons (Fsp3) is 0.226. The van der Waals surface area contributed by atoms with Gasteiger partial charge in [-0.3, -0.25) is 34.2 Å². The second kappa shape index (κ2) is 8.81.